The summed E-state index contributed by atoms with van der Waals surface area (Å²) in [6.45, 7) is 2.97. The lowest BCUT2D eigenvalue weighted by Crippen LogP contribution is -2.42. The van der Waals surface area contributed by atoms with Gasteiger partial charge in [0.1, 0.15) is 6.61 Å². The Morgan fingerprint density at radius 3 is 2.58 bits per heavy atom. The highest BCUT2D eigenvalue weighted by atomic mass is 16.6. The molecule has 2 aromatic rings. The number of likely N-dealkylation sites (N-methyl/N-ethyl adjacent to an activating group) is 1. The maximum atomic E-state index is 13.0. The van der Waals surface area contributed by atoms with Gasteiger partial charge in [0.05, 0.1) is 12.1 Å². The van der Waals surface area contributed by atoms with E-state index in [2.05, 4.69) is 4.90 Å². The number of rotatable bonds is 4. The summed E-state index contributed by atoms with van der Waals surface area (Å²) in [4.78, 5) is 17.1. The van der Waals surface area contributed by atoms with Crippen LogP contribution in [-0.2, 0) is 0 Å². The van der Waals surface area contributed by atoms with Gasteiger partial charge in [-0.05, 0) is 37.1 Å². The lowest BCUT2D eigenvalue weighted by molar-refractivity contribution is 0.0521. The summed E-state index contributed by atoms with van der Waals surface area (Å²) in [5.74, 6) is 1.52. The number of ether oxygens (including phenoxy) is 2. The number of benzene rings is 2. The molecule has 1 amide bonds. The third kappa shape index (κ3) is 3.34. The van der Waals surface area contributed by atoms with Crippen molar-refractivity contribution in [1.29, 1.82) is 0 Å². The second-order valence-electron chi connectivity index (χ2n) is 6.89. The molecule has 0 radical (unpaired) electrons. The quantitative estimate of drug-likeness (QED) is 0.847. The molecule has 0 bridgehead atoms. The molecule has 1 saturated heterocycles. The molecule has 2 aliphatic rings. The zero-order valence-corrected chi connectivity index (χ0v) is 15.1. The Morgan fingerprint density at radius 2 is 1.77 bits per heavy atom. The Hall–Kier alpha value is -2.69. The first-order valence-electron chi connectivity index (χ1n) is 9.20. The Balaban J connectivity index is 1.46. The van der Waals surface area contributed by atoms with Gasteiger partial charge in [-0.3, -0.25) is 4.79 Å². The van der Waals surface area contributed by atoms with Gasteiger partial charge in [-0.25, -0.2) is 0 Å². The van der Waals surface area contributed by atoms with Crippen molar-refractivity contribution in [3.63, 3.8) is 0 Å². The molecule has 1 fully saturated rings. The first-order chi connectivity index (χ1) is 12.7. The number of carbonyl (C=O) groups is 1. The number of hydrogen-bond acceptors (Lipinski definition) is 4. The van der Waals surface area contributed by atoms with Crippen LogP contribution >= 0.6 is 0 Å². The van der Waals surface area contributed by atoms with Crippen LogP contribution in [0.3, 0.4) is 0 Å². The van der Waals surface area contributed by atoms with Gasteiger partial charge in [-0.1, -0.05) is 24.3 Å². The molecule has 0 saturated carbocycles. The van der Waals surface area contributed by atoms with E-state index >= 15 is 0 Å². The number of amides is 1. The van der Waals surface area contributed by atoms with E-state index in [1.807, 2.05) is 55.6 Å². The Morgan fingerprint density at radius 1 is 1.08 bits per heavy atom. The molecule has 136 valence electrons. The SMILES string of the molecule is CN(C[C@H]1COc2ccccc2O1)C(=O)c1ccccc1N1CCCC1. The molecule has 26 heavy (non-hydrogen) atoms. The van der Waals surface area contributed by atoms with E-state index in [4.69, 9.17) is 9.47 Å². The molecule has 0 aliphatic carbocycles. The number of hydrogen-bond donors (Lipinski definition) is 0. The number of para-hydroxylation sites is 3. The minimum atomic E-state index is -0.169. The molecule has 4 rings (SSSR count). The summed E-state index contributed by atoms with van der Waals surface area (Å²) < 4.78 is 11.7. The largest absolute Gasteiger partial charge is 0.486 e. The third-order valence-corrected chi connectivity index (χ3v) is 4.97. The molecule has 5 heteroatoms. The van der Waals surface area contributed by atoms with Crippen molar-refractivity contribution in [3.05, 3.63) is 54.1 Å². The van der Waals surface area contributed by atoms with E-state index in [1.54, 1.807) is 4.90 Å². The van der Waals surface area contributed by atoms with E-state index in [-0.39, 0.29) is 12.0 Å². The maximum absolute atomic E-state index is 13.0. The highest BCUT2D eigenvalue weighted by molar-refractivity contribution is 5.99. The molecular formula is C21H24N2O3. The van der Waals surface area contributed by atoms with Crippen molar-refractivity contribution in [2.75, 3.05) is 38.2 Å². The molecule has 2 aromatic carbocycles. The summed E-state index contributed by atoms with van der Waals surface area (Å²) in [6.07, 6.45) is 2.20. The second kappa shape index (κ2) is 7.28. The van der Waals surface area contributed by atoms with Crippen molar-refractivity contribution in [1.82, 2.24) is 4.90 Å². The van der Waals surface area contributed by atoms with Gasteiger partial charge >= 0.3 is 0 Å². The second-order valence-corrected chi connectivity index (χ2v) is 6.89. The smallest absolute Gasteiger partial charge is 0.255 e. The van der Waals surface area contributed by atoms with Crippen LogP contribution in [0.1, 0.15) is 23.2 Å². The fourth-order valence-electron chi connectivity index (χ4n) is 3.64. The van der Waals surface area contributed by atoms with Crippen LogP contribution in [0.4, 0.5) is 5.69 Å². The number of fused-ring (bicyclic) bond motifs is 1. The van der Waals surface area contributed by atoms with Crippen molar-refractivity contribution >= 4 is 11.6 Å². The Kier molecular flexibility index (Phi) is 4.69. The van der Waals surface area contributed by atoms with E-state index in [0.29, 0.717) is 13.2 Å². The lowest BCUT2D eigenvalue weighted by Gasteiger charge is -2.30. The first kappa shape index (κ1) is 16.8. The van der Waals surface area contributed by atoms with Crippen LogP contribution in [-0.4, -0.2) is 50.2 Å². The molecular weight excluding hydrogens is 328 g/mol. The van der Waals surface area contributed by atoms with Crippen LogP contribution in [0, 0.1) is 0 Å². The molecule has 1 atom stereocenters. The maximum Gasteiger partial charge on any atom is 0.255 e. The van der Waals surface area contributed by atoms with E-state index in [1.165, 1.54) is 12.8 Å². The minimum absolute atomic E-state index is 0.0231. The van der Waals surface area contributed by atoms with Crippen LogP contribution in [0.25, 0.3) is 0 Å². The van der Waals surface area contributed by atoms with Crippen LogP contribution in [0.2, 0.25) is 0 Å². The summed E-state index contributed by atoms with van der Waals surface area (Å²) in [7, 11) is 1.83. The average Bonchev–Trinajstić information content (AvgIpc) is 3.22. The fraction of sp³-hybridized carbons (Fsp3) is 0.381. The standard InChI is InChI=1S/C21H24N2O3/c1-22(14-16-15-25-19-10-4-5-11-20(19)26-16)21(24)17-8-2-3-9-18(17)23-12-6-7-13-23/h2-5,8-11,16H,6-7,12-15H2,1H3/t16-/m0/s1. The highest BCUT2D eigenvalue weighted by Gasteiger charge is 2.26. The van der Waals surface area contributed by atoms with Crippen LogP contribution in [0.5, 0.6) is 11.5 Å². The minimum Gasteiger partial charge on any atom is -0.486 e. The zero-order chi connectivity index (χ0) is 17.9. The number of carbonyl (C=O) groups excluding carboxylic acids is 1. The van der Waals surface area contributed by atoms with Crippen molar-refractivity contribution < 1.29 is 14.3 Å². The molecule has 0 aromatic heterocycles. The number of anilines is 1. The van der Waals surface area contributed by atoms with E-state index in [9.17, 15) is 4.79 Å². The molecule has 0 N–H and O–H groups in total. The highest BCUT2D eigenvalue weighted by Crippen LogP contribution is 2.31. The van der Waals surface area contributed by atoms with Gasteiger partial charge in [0, 0.05) is 25.8 Å². The summed E-state index contributed by atoms with van der Waals surface area (Å²) in [5.41, 5.74) is 1.79. The lowest BCUT2D eigenvalue weighted by atomic mass is 10.1. The normalized spacial score (nSPS) is 18.7. The zero-order valence-electron chi connectivity index (χ0n) is 15.1. The van der Waals surface area contributed by atoms with Gasteiger partial charge in [-0.15, -0.1) is 0 Å². The average molecular weight is 352 g/mol. The number of nitrogens with zero attached hydrogens (tertiary/aromatic N) is 2. The van der Waals surface area contributed by atoms with E-state index in [0.717, 1.165) is 35.8 Å². The Bertz CT molecular complexity index is 786. The monoisotopic (exact) mass is 352 g/mol. The molecule has 2 aliphatic heterocycles. The molecule has 5 nitrogen and oxygen atoms in total. The van der Waals surface area contributed by atoms with E-state index < -0.39 is 0 Å². The summed E-state index contributed by atoms with van der Waals surface area (Å²) in [5, 5.41) is 0. The fourth-order valence-corrected chi connectivity index (χ4v) is 3.64. The predicted molar refractivity (Wildman–Crippen MR) is 101 cm³/mol. The molecule has 0 spiro atoms. The van der Waals surface area contributed by atoms with Gasteiger partial charge in [0.25, 0.3) is 5.91 Å². The predicted octanol–water partition coefficient (Wildman–Crippen LogP) is 3.20. The van der Waals surface area contributed by atoms with Gasteiger partial charge in [0.2, 0.25) is 0 Å². The topological polar surface area (TPSA) is 42.0 Å². The summed E-state index contributed by atoms with van der Waals surface area (Å²) in [6, 6.07) is 15.5. The van der Waals surface area contributed by atoms with Crippen molar-refractivity contribution in [3.8, 4) is 11.5 Å². The third-order valence-electron chi connectivity index (χ3n) is 4.97. The van der Waals surface area contributed by atoms with Gasteiger partial charge < -0.3 is 19.3 Å². The molecule has 2 heterocycles. The summed E-state index contributed by atoms with van der Waals surface area (Å²) >= 11 is 0. The van der Waals surface area contributed by atoms with Crippen LogP contribution in [0.15, 0.2) is 48.5 Å². The van der Waals surface area contributed by atoms with Crippen molar-refractivity contribution in [2.45, 2.75) is 18.9 Å². The first-order valence-corrected chi connectivity index (χ1v) is 9.20. The van der Waals surface area contributed by atoms with Gasteiger partial charge in [-0.2, -0.15) is 0 Å². The Labute approximate surface area is 154 Å². The van der Waals surface area contributed by atoms with Gasteiger partial charge in [0.15, 0.2) is 17.6 Å². The van der Waals surface area contributed by atoms with Crippen molar-refractivity contribution in [2.24, 2.45) is 0 Å². The molecule has 0 unspecified atom stereocenters. The van der Waals surface area contributed by atoms with Crippen LogP contribution < -0.4 is 14.4 Å².